The zero-order valence-corrected chi connectivity index (χ0v) is 10.2. The molecule has 0 aliphatic rings. The van der Waals surface area contributed by atoms with Gasteiger partial charge < -0.3 is 5.32 Å². The van der Waals surface area contributed by atoms with Crippen LogP contribution >= 0.6 is 22.7 Å². The molecular weight excluding hydrogens is 258 g/mol. The van der Waals surface area contributed by atoms with Crippen LogP contribution in [0.25, 0.3) is 4.96 Å². The van der Waals surface area contributed by atoms with E-state index in [1.807, 2.05) is 22.2 Å². The summed E-state index contributed by atoms with van der Waals surface area (Å²) in [6.45, 7) is 0. The second-order valence-corrected chi connectivity index (χ2v) is 5.00. The van der Waals surface area contributed by atoms with Crippen LogP contribution in [0.1, 0.15) is 5.69 Å². The van der Waals surface area contributed by atoms with Gasteiger partial charge in [0.15, 0.2) is 4.96 Å². The lowest BCUT2D eigenvalue weighted by molar-refractivity contribution is -0.115. The van der Waals surface area contributed by atoms with Gasteiger partial charge in [0.2, 0.25) is 11.0 Å². The first-order valence-corrected chi connectivity index (χ1v) is 6.54. The van der Waals surface area contributed by atoms with Crippen LogP contribution in [0.15, 0.2) is 23.3 Å². The van der Waals surface area contributed by atoms with Crippen LogP contribution in [0.5, 0.6) is 0 Å². The highest BCUT2D eigenvalue weighted by Crippen LogP contribution is 2.13. The fraction of sp³-hybridized carbons (Fsp3) is 0.111. The zero-order chi connectivity index (χ0) is 11.7. The van der Waals surface area contributed by atoms with Crippen molar-refractivity contribution in [1.82, 2.24) is 19.6 Å². The molecule has 6 nitrogen and oxygen atoms in total. The van der Waals surface area contributed by atoms with E-state index in [1.54, 1.807) is 16.8 Å². The van der Waals surface area contributed by atoms with Gasteiger partial charge in [-0.2, -0.15) is 0 Å². The lowest BCUT2D eigenvalue weighted by Gasteiger charge is -1.97. The number of amides is 1. The molecule has 1 N–H and O–H groups in total. The maximum Gasteiger partial charge on any atom is 0.232 e. The predicted octanol–water partition coefficient (Wildman–Crippen LogP) is 1.43. The van der Waals surface area contributed by atoms with Crippen molar-refractivity contribution in [3.05, 3.63) is 29.0 Å². The maximum atomic E-state index is 11.7. The standard InChI is InChI=1S/C9H7N5OS2/c15-7(12-8-13-10-5-17-8)3-6-4-14-1-2-16-9(14)11-6/h1-2,4-5H,3H2,(H,12,13,15). The van der Waals surface area contributed by atoms with E-state index >= 15 is 0 Å². The molecule has 0 unspecified atom stereocenters. The molecule has 0 saturated heterocycles. The minimum atomic E-state index is -0.132. The number of anilines is 1. The SMILES string of the molecule is O=C(Cc1cn2ccsc2n1)Nc1nncs1. The summed E-state index contributed by atoms with van der Waals surface area (Å²) in [6, 6.07) is 0. The van der Waals surface area contributed by atoms with Crippen molar-refractivity contribution in [2.45, 2.75) is 6.42 Å². The normalized spacial score (nSPS) is 10.8. The molecule has 0 spiro atoms. The smallest absolute Gasteiger partial charge is 0.232 e. The van der Waals surface area contributed by atoms with Gasteiger partial charge in [0.25, 0.3) is 0 Å². The second-order valence-electron chi connectivity index (χ2n) is 3.29. The highest BCUT2D eigenvalue weighted by atomic mass is 32.1. The summed E-state index contributed by atoms with van der Waals surface area (Å²) >= 11 is 2.83. The van der Waals surface area contributed by atoms with Crippen LogP contribution < -0.4 is 5.32 Å². The van der Waals surface area contributed by atoms with E-state index in [4.69, 9.17) is 0 Å². The first kappa shape index (κ1) is 10.4. The molecule has 3 rings (SSSR count). The van der Waals surface area contributed by atoms with Crippen molar-refractivity contribution in [3.63, 3.8) is 0 Å². The number of thiazole rings is 1. The van der Waals surface area contributed by atoms with Crippen molar-refractivity contribution in [2.24, 2.45) is 0 Å². The molecule has 0 bridgehead atoms. The van der Waals surface area contributed by atoms with E-state index in [0.29, 0.717) is 5.13 Å². The fourth-order valence-corrected chi connectivity index (χ4v) is 2.60. The Hall–Kier alpha value is -1.80. The molecular formula is C9H7N5OS2. The first-order valence-electron chi connectivity index (χ1n) is 4.78. The van der Waals surface area contributed by atoms with Gasteiger partial charge in [0, 0.05) is 17.8 Å². The first-order chi connectivity index (χ1) is 8.31. The minimum absolute atomic E-state index is 0.132. The average Bonchev–Trinajstić information content (AvgIpc) is 2.92. The molecule has 3 aromatic rings. The van der Waals surface area contributed by atoms with Crippen LogP contribution in [-0.2, 0) is 11.2 Å². The highest BCUT2D eigenvalue weighted by Gasteiger charge is 2.09. The van der Waals surface area contributed by atoms with Crippen molar-refractivity contribution in [1.29, 1.82) is 0 Å². The van der Waals surface area contributed by atoms with Crippen LogP contribution in [0, 0.1) is 0 Å². The van der Waals surface area contributed by atoms with Gasteiger partial charge in [0.05, 0.1) is 12.1 Å². The van der Waals surface area contributed by atoms with E-state index in [0.717, 1.165) is 10.7 Å². The zero-order valence-electron chi connectivity index (χ0n) is 8.53. The van der Waals surface area contributed by atoms with E-state index in [-0.39, 0.29) is 12.3 Å². The van der Waals surface area contributed by atoms with Crippen LogP contribution in [0.4, 0.5) is 5.13 Å². The molecule has 0 fully saturated rings. The Bertz CT molecular complexity index is 613. The second kappa shape index (κ2) is 4.22. The summed E-state index contributed by atoms with van der Waals surface area (Å²) in [7, 11) is 0. The summed E-state index contributed by atoms with van der Waals surface area (Å²) in [5, 5.41) is 12.5. The molecule has 8 heteroatoms. The van der Waals surface area contributed by atoms with Gasteiger partial charge in [-0.1, -0.05) is 11.3 Å². The number of nitrogens with zero attached hydrogens (tertiary/aromatic N) is 4. The Morgan fingerprint density at radius 2 is 2.41 bits per heavy atom. The number of nitrogens with one attached hydrogen (secondary N) is 1. The Balaban J connectivity index is 1.70. The van der Waals surface area contributed by atoms with Gasteiger partial charge in [-0.15, -0.1) is 21.5 Å². The van der Waals surface area contributed by atoms with Crippen LogP contribution in [0.2, 0.25) is 0 Å². The molecule has 0 atom stereocenters. The van der Waals surface area contributed by atoms with Gasteiger partial charge in [-0.25, -0.2) is 4.98 Å². The maximum absolute atomic E-state index is 11.7. The Labute approximate surface area is 104 Å². The van der Waals surface area contributed by atoms with Crippen LogP contribution in [-0.4, -0.2) is 25.5 Å². The Morgan fingerprint density at radius 1 is 1.47 bits per heavy atom. The fourth-order valence-electron chi connectivity index (χ4n) is 1.42. The van der Waals surface area contributed by atoms with Gasteiger partial charge in [0.1, 0.15) is 5.51 Å². The summed E-state index contributed by atoms with van der Waals surface area (Å²) in [4.78, 5) is 16.9. The molecule has 86 valence electrons. The summed E-state index contributed by atoms with van der Waals surface area (Å²) in [5.74, 6) is -0.132. The van der Waals surface area contributed by atoms with Crippen LogP contribution in [0.3, 0.4) is 0 Å². The largest absolute Gasteiger partial charge is 0.300 e. The van der Waals surface area contributed by atoms with E-state index < -0.39 is 0 Å². The third-order valence-electron chi connectivity index (χ3n) is 2.09. The molecule has 3 aromatic heterocycles. The van der Waals surface area contributed by atoms with E-state index in [9.17, 15) is 4.79 Å². The number of rotatable bonds is 3. The number of carbonyl (C=O) groups excluding carboxylic acids is 1. The predicted molar refractivity (Wildman–Crippen MR) is 65.3 cm³/mol. The minimum Gasteiger partial charge on any atom is -0.300 e. The molecule has 0 aliphatic carbocycles. The summed E-state index contributed by atoms with van der Waals surface area (Å²) < 4.78 is 1.90. The van der Waals surface area contributed by atoms with Gasteiger partial charge >= 0.3 is 0 Å². The number of fused-ring (bicyclic) bond motifs is 1. The van der Waals surface area contributed by atoms with Crippen molar-refractivity contribution >= 4 is 38.7 Å². The molecule has 0 radical (unpaired) electrons. The molecule has 0 saturated carbocycles. The number of imidazole rings is 1. The molecule has 3 heterocycles. The van der Waals surface area contributed by atoms with Gasteiger partial charge in [-0.05, 0) is 0 Å². The number of hydrogen-bond acceptors (Lipinski definition) is 6. The number of hydrogen-bond donors (Lipinski definition) is 1. The van der Waals surface area contributed by atoms with E-state index in [1.165, 1.54) is 11.3 Å². The Morgan fingerprint density at radius 3 is 3.18 bits per heavy atom. The quantitative estimate of drug-likeness (QED) is 0.777. The van der Waals surface area contributed by atoms with Crippen molar-refractivity contribution in [2.75, 3.05) is 5.32 Å². The average molecular weight is 265 g/mol. The van der Waals surface area contributed by atoms with Crippen molar-refractivity contribution < 1.29 is 4.79 Å². The molecule has 0 aromatic carbocycles. The molecule has 17 heavy (non-hydrogen) atoms. The van der Waals surface area contributed by atoms with Gasteiger partial charge in [-0.3, -0.25) is 9.20 Å². The lowest BCUT2D eigenvalue weighted by atomic mass is 10.3. The molecule has 0 aliphatic heterocycles. The molecule has 1 amide bonds. The summed E-state index contributed by atoms with van der Waals surface area (Å²) in [6.07, 6.45) is 4.01. The monoisotopic (exact) mass is 265 g/mol. The number of carbonyl (C=O) groups is 1. The van der Waals surface area contributed by atoms with Crippen molar-refractivity contribution in [3.8, 4) is 0 Å². The highest BCUT2D eigenvalue weighted by molar-refractivity contribution is 7.15. The summed E-state index contributed by atoms with van der Waals surface area (Å²) in [5.41, 5.74) is 2.32. The number of aromatic nitrogens is 4. The third-order valence-corrected chi connectivity index (χ3v) is 3.47. The van der Waals surface area contributed by atoms with E-state index in [2.05, 4.69) is 20.5 Å². The third kappa shape index (κ3) is 2.17. The Kier molecular flexibility index (Phi) is 2.57. The lowest BCUT2D eigenvalue weighted by Crippen LogP contribution is -2.14. The topological polar surface area (TPSA) is 72.2 Å².